The summed E-state index contributed by atoms with van der Waals surface area (Å²) in [6.07, 6.45) is -0.535. The molecule has 0 bridgehead atoms. The Hall–Kier alpha value is -4.90. The second kappa shape index (κ2) is 12.7. The van der Waals surface area contributed by atoms with Crippen LogP contribution < -0.4 is 21.4 Å². The summed E-state index contributed by atoms with van der Waals surface area (Å²) in [6, 6.07) is 21.0. The number of methoxy groups -OCH3 is 1. The minimum atomic E-state index is -0.953. The fourth-order valence-corrected chi connectivity index (χ4v) is 4.70. The number of amides is 2. The van der Waals surface area contributed by atoms with Gasteiger partial charge in [0.1, 0.15) is 30.1 Å². The normalized spacial score (nSPS) is 16.2. The van der Waals surface area contributed by atoms with E-state index in [0.29, 0.717) is 33.1 Å². The molecule has 0 aliphatic carbocycles. The molecule has 5 rings (SSSR count). The van der Waals surface area contributed by atoms with E-state index in [1.807, 2.05) is 36.4 Å². The molecule has 11 nitrogen and oxygen atoms in total. The van der Waals surface area contributed by atoms with Gasteiger partial charge in [-0.2, -0.15) is 0 Å². The molecule has 0 radical (unpaired) electrons. The van der Waals surface area contributed by atoms with Crippen molar-refractivity contribution < 1.29 is 19.1 Å². The lowest BCUT2D eigenvalue weighted by atomic mass is 10.2. The van der Waals surface area contributed by atoms with E-state index in [1.165, 1.54) is 4.90 Å². The summed E-state index contributed by atoms with van der Waals surface area (Å²) in [5, 5.41) is 3.86. The van der Waals surface area contributed by atoms with Crippen LogP contribution in [0.1, 0.15) is 11.1 Å². The van der Waals surface area contributed by atoms with E-state index in [-0.39, 0.29) is 43.6 Å². The average molecular weight is 588 g/mol. The highest BCUT2D eigenvalue weighted by Gasteiger charge is 2.28. The third-order valence-corrected chi connectivity index (χ3v) is 7.09. The molecule has 1 fully saturated rings. The Balaban J connectivity index is 1.51. The Kier molecular flexibility index (Phi) is 8.68. The van der Waals surface area contributed by atoms with Crippen molar-refractivity contribution in [3.63, 3.8) is 0 Å². The van der Waals surface area contributed by atoms with Crippen LogP contribution in [0.2, 0.25) is 5.02 Å². The first-order valence-electron chi connectivity index (χ1n) is 13.2. The summed E-state index contributed by atoms with van der Waals surface area (Å²) in [4.78, 5) is 41.4. The van der Waals surface area contributed by atoms with Gasteiger partial charge in [0.25, 0.3) is 0 Å². The van der Waals surface area contributed by atoms with E-state index >= 15 is 0 Å². The molecule has 0 unspecified atom stereocenters. The van der Waals surface area contributed by atoms with Crippen molar-refractivity contribution in [1.82, 2.24) is 19.8 Å². The molecule has 3 aromatic carbocycles. The van der Waals surface area contributed by atoms with Crippen molar-refractivity contribution in [2.45, 2.75) is 12.6 Å². The van der Waals surface area contributed by atoms with Crippen molar-refractivity contribution in [1.29, 1.82) is 0 Å². The van der Waals surface area contributed by atoms with Gasteiger partial charge in [-0.3, -0.25) is 9.36 Å². The van der Waals surface area contributed by atoms with Crippen LogP contribution >= 0.6 is 11.6 Å². The summed E-state index contributed by atoms with van der Waals surface area (Å²) >= 11 is 6.53. The fourth-order valence-electron chi connectivity index (χ4n) is 4.48. The molecule has 1 aromatic heterocycles. The number of amidine groups is 1. The van der Waals surface area contributed by atoms with Gasteiger partial charge in [0, 0.05) is 31.1 Å². The molecule has 12 heteroatoms. The van der Waals surface area contributed by atoms with Gasteiger partial charge in [0.15, 0.2) is 0 Å². The molecule has 2 heterocycles. The number of rotatable bonds is 6. The van der Waals surface area contributed by atoms with Crippen molar-refractivity contribution in [3.8, 4) is 5.75 Å². The number of benzene rings is 3. The number of halogens is 1. The monoisotopic (exact) mass is 587 g/mol. The molecule has 0 saturated carbocycles. The third kappa shape index (κ3) is 6.36. The summed E-state index contributed by atoms with van der Waals surface area (Å²) in [6.45, 7) is 0.676. The standard InChI is InChI=1S/C30H30ClN7O4/c1-37-27(36-26(32)20-11-13-21(41-2)14-12-20)22-9-6-10-23(31)25(22)35-29(37)34-24-17-38(16-15-33-28(24)39)30(40)42-18-19-7-4-3-5-8-19/h3-14,24H,15-18H2,1-2H3,(H2,32,36)(H,33,39)/t24-/m1/s1. The maximum atomic E-state index is 13.0. The number of para-hydroxylation sites is 1. The molecule has 42 heavy (non-hydrogen) atoms. The second-order valence-corrected chi connectivity index (χ2v) is 9.99. The topological polar surface area (TPSA) is 136 Å². The third-order valence-electron chi connectivity index (χ3n) is 6.78. The van der Waals surface area contributed by atoms with Crippen molar-refractivity contribution in [3.05, 3.63) is 94.6 Å². The molecular formula is C30H30ClN7O4. The Morgan fingerprint density at radius 3 is 2.62 bits per heavy atom. The predicted octanol–water partition coefficient (Wildman–Crippen LogP) is 3.31. The number of fused-ring (bicyclic) bond motifs is 1. The molecule has 216 valence electrons. The lowest BCUT2D eigenvalue weighted by Gasteiger charge is -2.21. The van der Waals surface area contributed by atoms with Gasteiger partial charge in [-0.25, -0.2) is 19.8 Å². The number of nitrogens with one attached hydrogen (secondary N) is 1. The number of aromatic nitrogens is 2. The molecular weight excluding hydrogens is 558 g/mol. The predicted molar refractivity (Wildman–Crippen MR) is 160 cm³/mol. The number of carbonyl (C=O) groups excluding carboxylic acids is 2. The van der Waals surface area contributed by atoms with E-state index in [4.69, 9.17) is 31.8 Å². The lowest BCUT2D eigenvalue weighted by molar-refractivity contribution is -0.121. The molecule has 0 spiro atoms. The Morgan fingerprint density at radius 1 is 1.12 bits per heavy atom. The molecule has 1 aliphatic heterocycles. The van der Waals surface area contributed by atoms with E-state index in [0.717, 1.165) is 5.56 Å². The van der Waals surface area contributed by atoms with Gasteiger partial charge in [0.05, 0.1) is 24.2 Å². The highest BCUT2D eigenvalue weighted by Crippen LogP contribution is 2.28. The van der Waals surface area contributed by atoms with Gasteiger partial charge in [0.2, 0.25) is 11.5 Å². The van der Waals surface area contributed by atoms with Gasteiger partial charge < -0.3 is 25.4 Å². The summed E-state index contributed by atoms with van der Waals surface area (Å²) in [5.74, 6) is 1.06. The zero-order chi connectivity index (χ0) is 29.6. The molecule has 1 aliphatic rings. The molecule has 2 amide bonds. The van der Waals surface area contributed by atoms with E-state index in [1.54, 1.807) is 55.1 Å². The van der Waals surface area contributed by atoms with Crippen molar-refractivity contribution in [2.75, 3.05) is 26.7 Å². The van der Waals surface area contributed by atoms with Crippen molar-refractivity contribution >= 4 is 46.2 Å². The largest absolute Gasteiger partial charge is 0.497 e. The van der Waals surface area contributed by atoms with Gasteiger partial charge in [-0.1, -0.05) is 48.0 Å². The number of nitrogens with two attached hydrogens (primary N) is 1. The first-order valence-corrected chi connectivity index (χ1v) is 13.6. The maximum Gasteiger partial charge on any atom is 0.410 e. The fraction of sp³-hybridized carbons (Fsp3) is 0.233. The van der Waals surface area contributed by atoms with Gasteiger partial charge in [-0.05, 0) is 42.0 Å². The Morgan fingerprint density at radius 2 is 1.88 bits per heavy atom. The first kappa shape index (κ1) is 28.6. The number of hydrogen-bond acceptors (Lipinski definition) is 7. The lowest BCUT2D eigenvalue weighted by Crippen LogP contribution is -2.40. The van der Waals surface area contributed by atoms with E-state index in [2.05, 4.69) is 15.3 Å². The van der Waals surface area contributed by atoms with Crippen LogP contribution in [0.15, 0.2) is 82.8 Å². The Bertz CT molecular complexity index is 1710. The quantitative estimate of drug-likeness (QED) is 0.262. The summed E-state index contributed by atoms with van der Waals surface area (Å²) < 4.78 is 12.4. The van der Waals surface area contributed by atoms with Crippen LogP contribution in [0.3, 0.4) is 0 Å². The van der Waals surface area contributed by atoms with E-state index in [9.17, 15) is 9.59 Å². The van der Waals surface area contributed by atoms with Crippen LogP contribution in [0, 0.1) is 0 Å². The highest BCUT2D eigenvalue weighted by atomic mass is 35.5. The number of carbonyl (C=O) groups is 2. The smallest absolute Gasteiger partial charge is 0.410 e. The molecule has 1 atom stereocenters. The van der Waals surface area contributed by atoms with Gasteiger partial charge in [-0.15, -0.1) is 0 Å². The Labute approximate surface area is 247 Å². The van der Waals surface area contributed by atoms with E-state index < -0.39 is 12.1 Å². The number of ether oxygens (including phenoxy) is 2. The average Bonchev–Trinajstić information content (AvgIpc) is 3.19. The minimum Gasteiger partial charge on any atom is -0.497 e. The molecule has 3 N–H and O–H groups in total. The number of nitrogens with zero attached hydrogens (tertiary/aromatic N) is 5. The van der Waals surface area contributed by atoms with Crippen LogP contribution in [-0.2, 0) is 23.2 Å². The maximum absolute atomic E-state index is 13.0. The highest BCUT2D eigenvalue weighted by molar-refractivity contribution is 6.35. The molecule has 1 saturated heterocycles. The number of hydrogen-bond donors (Lipinski definition) is 2. The van der Waals surface area contributed by atoms with Gasteiger partial charge >= 0.3 is 6.09 Å². The van der Waals surface area contributed by atoms with Crippen LogP contribution in [0.4, 0.5) is 10.6 Å². The summed E-state index contributed by atoms with van der Waals surface area (Å²) in [7, 11) is 3.32. The van der Waals surface area contributed by atoms with Crippen LogP contribution in [0.25, 0.3) is 10.9 Å². The second-order valence-electron chi connectivity index (χ2n) is 9.58. The minimum absolute atomic E-state index is 0.00822. The zero-order valence-corrected chi connectivity index (χ0v) is 23.9. The SMILES string of the molecule is COc1ccc(/C(N)=N/c2c3cccc(Cl)c3nc(=N[C@@H]3CN(C(=O)OCc4ccccc4)CCNC3=O)n2C)cc1. The number of aliphatic imine (C=N–C) groups is 1. The zero-order valence-electron chi connectivity index (χ0n) is 23.2. The first-order chi connectivity index (χ1) is 20.3. The summed E-state index contributed by atoms with van der Waals surface area (Å²) in [5.41, 5.74) is 8.60. The van der Waals surface area contributed by atoms with Crippen LogP contribution in [0.5, 0.6) is 5.75 Å². The van der Waals surface area contributed by atoms with Crippen molar-refractivity contribution in [2.24, 2.45) is 22.8 Å². The van der Waals surface area contributed by atoms with Crippen LogP contribution in [-0.4, -0.2) is 65.1 Å². The molecule has 4 aromatic rings.